The fraction of sp³-hybridized carbons (Fsp3) is 0.312. The molecule has 4 aliphatic rings. The number of carbonyl (C=O) groups excluding carboxylic acids is 1. The van der Waals surface area contributed by atoms with Gasteiger partial charge in [-0.15, -0.1) is 0 Å². The summed E-state index contributed by atoms with van der Waals surface area (Å²) in [5.41, 5.74) is 11.4. The molecule has 0 radical (unpaired) electrons. The number of hydrogen-bond acceptors (Lipinski definition) is 14. The molecule has 9 aromatic rings. The fourth-order valence-corrected chi connectivity index (χ4v) is 11.5. The second-order valence-corrected chi connectivity index (χ2v) is 23.0. The van der Waals surface area contributed by atoms with Gasteiger partial charge in [0.2, 0.25) is 0 Å². The maximum Gasteiger partial charge on any atom is 0.254 e. The molecule has 17 heteroatoms. The highest BCUT2D eigenvalue weighted by molar-refractivity contribution is 7.90. The van der Waals surface area contributed by atoms with Crippen LogP contribution in [-0.2, 0) is 14.6 Å². The van der Waals surface area contributed by atoms with E-state index in [4.69, 9.17) is 25.0 Å². The van der Waals surface area contributed by atoms with Gasteiger partial charge in [-0.05, 0) is 164 Å². The third-order valence-corrected chi connectivity index (χ3v) is 16.5. The monoisotopic (exact) mass is 1100 g/mol. The van der Waals surface area contributed by atoms with Crippen LogP contribution in [-0.4, -0.2) is 121 Å². The predicted molar refractivity (Wildman–Crippen MR) is 318 cm³/mol. The van der Waals surface area contributed by atoms with Crippen molar-refractivity contribution in [1.29, 1.82) is 5.26 Å². The molecule has 1 amide bonds. The maximum atomic E-state index is 13.9. The summed E-state index contributed by atoms with van der Waals surface area (Å²) in [6, 6.07) is 39.1. The summed E-state index contributed by atoms with van der Waals surface area (Å²) >= 11 is 0. The number of hydrogen-bond donors (Lipinski definition) is 0. The number of halogens is 1. The SMILES string of the molecule is CS(=O)(=O)c1cccc(-c2ccc3ncc(N4CCCCC4)nc3c2)c1.N#Cc1ccc(-c2ccc3ncc(N4CCCCC4)nc3c2)cc1F.O=C(c1ccc(-c2ccc3ncc(N4CCCCC4)nc3c2)cc1)N1CCOCC1. The van der Waals surface area contributed by atoms with Gasteiger partial charge >= 0.3 is 0 Å². The molecule has 3 aromatic heterocycles. The number of ether oxygens (including phenoxy) is 1. The lowest BCUT2D eigenvalue weighted by atomic mass is 10.0. The molecule has 0 spiro atoms. The number of aromatic nitrogens is 6. The van der Waals surface area contributed by atoms with Crippen molar-refractivity contribution >= 4 is 66.3 Å². The summed E-state index contributed by atoms with van der Waals surface area (Å²) in [6.45, 7) is 8.72. The molecule has 4 aliphatic heterocycles. The third-order valence-electron chi connectivity index (χ3n) is 15.4. The Balaban J connectivity index is 0.000000128. The Morgan fingerprint density at radius 1 is 0.494 bits per heavy atom. The number of carbonyl (C=O) groups is 1. The quantitative estimate of drug-likeness (QED) is 0.140. The highest BCUT2D eigenvalue weighted by Crippen LogP contribution is 2.30. The molecule has 0 atom stereocenters. The minimum atomic E-state index is -3.23. The van der Waals surface area contributed by atoms with Gasteiger partial charge < -0.3 is 24.3 Å². The molecule has 4 saturated heterocycles. The van der Waals surface area contributed by atoms with Crippen LogP contribution in [0.2, 0.25) is 0 Å². The number of nitriles is 1. The Kier molecular flexibility index (Phi) is 16.8. The minimum Gasteiger partial charge on any atom is -0.378 e. The number of piperidine rings is 3. The first kappa shape index (κ1) is 54.5. The van der Waals surface area contributed by atoms with Crippen molar-refractivity contribution < 1.29 is 22.3 Å². The number of amides is 1. The van der Waals surface area contributed by atoms with Crippen molar-refractivity contribution in [2.24, 2.45) is 0 Å². The predicted octanol–water partition coefficient (Wildman–Crippen LogP) is 11.7. The fourth-order valence-electron chi connectivity index (χ4n) is 10.8. The molecule has 4 fully saturated rings. The number of benzene rings is 6. The second kappa shape index (κ2) is 24.9. The van der Waals surface area contributed by atoms with Crippen molar-refractivity contribution in [1.82, 2.24) is 34.8 Å². The molecular weight excluding hydrogens is 1040 g/mol. The number of fused-ring (bicyclic) bond motifs is 3. The van der Waals surface area contributed by atoms with Crippen LogP contribution < -0.4 is 14.7 Å². The lowest BCUT2D eigenvalue weighted by molar-refractivity contribution is 0.0303. The zero-order valence-corrected chi connectivity index (χ0v) is 46.4. The molecule has 6 aromatic carbocycles. The van der Waals surface area contributed by atoms with E-state index in [1.54, 1.807) is 24.3 Å². The molecule has 0 unspecified atom stereocenters. The van der Waals surface area contributed by atoms with Crippen LogP contribution in [0.25, 0.3) is 66.5 Å². The Labute approximate surface area is 472 Å². The van der Waals surface area contributed by atoms with Crippen molar-refractivity contribution in [3.63, 3.8) is 0 Å². The van der Waals surface area contributed by atoms with E-state index in [-0.39, 0.29) is 11.5 Å². The lowest BCUT2D eigenvalue weighted by Gasteiger charge is -2.27. The van der Waals surface area contributed by atoms with Crippen molar-refractivity contribution in [3.8, 4) is 39.4 Å². The Bertz CT molecular complexity index is 3870. The van der Waals surface area contributed by atoms with Gasteiger partial charge in [-0.1, -0.05) is 48.5 Å². The number of anilines is 3. The molecule has 0 aliphatic carbocycles. The summed E-state index contributed by atoms with van der Waals surface area (Å²) in [4.78, 5) is 49.8. The lowest BCUT2D eigenvalue weighted by Crippen LogP contribution is -2.40. The Morgan fingerprint density at radius 3 is 1.33 bits per heavy atom. The van der Waals surface area contributed by atoms with Gasteiger partial charge in [0.05, 0.1) is 75.4 Å². The molecular formula is C64H64FN11O4S. The van der Waals surface area contributed by atoms with Crippen LogP contribution in [0.15, 0.2) is 145 Å². The Morgan fingerprint density at radius 2 is 0.901 bits per heavy atom. The first-order valence-corrected chi connectivity index (χ1v) is 30.0. The van der Waals surface area contributed by atoms with Crippen LogP contribution in [0.5, 0.6) is 0 Å². The summed E-state index contributed by atoms with van der Waals surface area (Å²) in [5.74, 6) is 2.34. The van der Waals surface area contributed by atoms with E-state index in [2.05, 4.69) is 41.8 Å². The molecule has 0 N–H and O–H groups in total. The smallest absolute Gasteiger partial charge is 0.254 e. The first-order valence-electron chi connectivity index (χ1n) is 28.1. The van der Waals surface area contributed by atoms with E-state index < -0.39 is 15.7 Å². The molecule has 15 nitrogen and oxygen atoms in total. The van der Waals surface area contributed by atoms with E-state index in [1.165, 1.54) is 76.2 Å². The highest BCUT2D eigenvalue weighted by atomic mass is 32.2. The number of nitrogens with zero attached hydrogens (tertiary/aromatic N) is 11. The van der Waals surface area contributed by atoms with Gasteiger partial charge in [0, 0.05) is 64.2 Å². The molecule has 81 heavy (non-hydrogen) atoms. The molecule has 0 saturated carbocycles. The number of morpholine rings is 1. The average Bonchev–Trinajstić information content (AvgIpc) is 3.61. The van der Waals surface area contributed by atoms with Gasteiger partial charge in [-0.2, -0.15) is 5.26 Å². The van der Waals surface area contributed by atoms with Gasteiger partial charge in [0.15, 0.2) is 9.84 Å². The molecule has 7 heterocycles. The molecule has 412 valence electrons. The van der Waals surface area contributed by atoms with Crippen LogP contribution >= 0.6 is 0 Å². The zero-order valence-electron chi connectivity index (χ0n) is 45.6. The summed E-state index contributed by atoms with van der Waals surface area (Å²) < 4.78 is 42.9. The van der Waals surface area contributed by atoms with E-state index >= 15 is 0 Å². The summed E-state index contributed by atoms with van der Waals surface area (Å²) in [5, 5.41) is 8.86. The number of sulfone groups is 1. The second-order valence-electron chi connectivity index (χ2n) is 21.0. The minimum absolute atomic E-state index is 0.0525. The molecule has 0 bridgehead atoms. The maximum absolute atomic E-state index is 13.9. The van der Waals surface area contributed by atoms with Gasteiger partial charge in [0.25, 0.3) is 5.91 Å². The topological polar surface area (TPSA) is 175 Å². The summed E-state index contributed by atoms with van der Waals surface area (Å²) in [6.07, 6.45) is 17.8. The normalized spacial score (nSPS) is 15.8. The standard InChI is InChI=1S/C24H26N4O2.C20H17FN4.C20H21N3O2S/c29-24(28-12-14-30-15-13-28)19-6-4-18(5-7-19)20-8-9-21-22(16-20)26-23(17-25-21)27-10-2-1-3-11-27;21-17-10-14(4-5-16(17)12-22)15-6-7-18-19(11-15)24-20(13-23-18)25-8-2-1-3-9-25;1-26(24,25)17-7-5-6-15(12-17)16-8-9-18-19(13-16)22-20(14-21-18)23-10-3-2-4-11-23/h4-9,16-17H,1-3,10-15H2;4-7,10-11,13H,1-3,8-9H2;5-9,12-14H,2-4,10-11H2,1H3. The largest absolute Gasteiger partial charge is 0.378 e. The van der Waals surface area contributed by atoms with Crippen LogP contribution in [0.4, 0.5) is 21.8 Å². The Hall–Kier alpha value is -8.46. The van der Waals surface area contributed by atoms with Gasteiger partial charge in [-0.25, -0.2) is 27.8 Å². The average molecular weight is 1100 g/mol. The zero-order chi connectivity index (χ0) is 55.7. The van der Waals surface area contributed by atoms with Crippen LogP contribution in [0, 0.1) is 17.1 Å². The molecule has 13 rings (SSSR count). The van der Waals surface area contributed by atoms with Crippen molar-refractivity contribution in [3.05, 3.63) is 157 Å². The van der Waals surface area contributed by atoms with E-state index in [1.807, 2.05) is 102 Å². The first-order chi connectivity index (χ1) is 39.5. The van der Waals surface area contributed by atoms with E-state index in [0.29, 0.717) is 36.8 Å². The van der Waals surface area contributed by atoms with E-state index in [9.17, 15) is 17.6 Å². The van der Waals surface area contributed by atoms with Crippen LogP contribution in [0.3, 0.4) is 0 Å². The van der Waals surface area contributed by atoms with Gasteiger partial charge in [0.1, 0.15) is 29.3 Å². The summed E-state index contributed by atoms with van der Waals surface area (Å²) in [7, 11) is -3.23. The van der Waals surface area contributed by atoms with Crippen molar-refractivity contribution in [2.75, 3.05) is 86.5 Å². The van der Waals surface area contributed by atoms with Gasteiger partial charge in [-0.3, -0.25) is 19.7 Å². The van der Waals surface area contributed by atoms with E-state index in [0.717, 1.165) is 123 Å². The van der Waals surface area contributed by atoms with Crippen LogP contribution in [0.1, 0.15) is 73.7 Å². The van der Waals surface area contributed by atoms with Crippen molar-refractivity contribution in [2.45, 2.75) is 62.7 Å². The number of rotatable bonds is 8. The highest BCUT2D eigenvalue weighted by Gasteiger charge is 2.20. The third kappa shape index (κ3) is 13.1.